The number of nitrogens with two attached hydrogens (primary N) is 1. The van der Waals surface area contributed by atoms with E-state index in [1.54, 1.807) is 0 Å². The lowest BCUT2D eigenvalue weighted by Crippen LogP contribution is -2.46. The van der Waals surface area contributed by atoms with Crippen molar-refractivity contribution in [3.05, 3.63) is 46.4 Å². The summed E-state index contributed by atoms with van der Waals surface area (Å²) in [6.07, 6.45) is -1.15. The summed E-state index contributed by atoms with van der Waals surface area (Å²) < 4.78 is 54.5. The minimum Gasteiger partial charge on any atom is -0.368 e. The van der Waals surface area contributed by atoms with Crippen molar-refractivity contribution < 1.29 is 17.6 Å². The predicted octanol–water partition coefficient (Wildman–Crippen LogP) is 4.37. The number of benzene rings is 1. The van der Waals surface area contributed by atoms with E-state index in [4.69, 9.17) is 5.84 Å². The van der Waals surface area contributed by atoms with Gasteiger partial charge in [0, 0.05) is 32.1 Å². The number of hydrogen-bond acceptors (Lipinski definition) is 4. The molecule has 1 aliphatic carbocycles. The minimum atomic E-state index is -4.57. The van der Waals surface area contributed by atoms with Crippen molar-refractivity contribution in [1.29, 1.82) is 0 Å². The van der Waals surface area contributed by atoms with Crippen LogP contribution < -0.4 is 5.84 Å². The number of rotatable bonds is 1. The Labute approximate surface area is 175 Å². The van der Waals surface area contributed by atoms with E-state index in [1.807, 2.05) is 19.9 Å². The first-order chi connectivity index (χ1) is 14.1. The molecule has 2 aliphatic rings. The number of fused-ring (bicyclic) bond motifs is 1. The molecule has 1 aliphatic heterocycles. The zero-order chi connectivity index (χ0) is 22.1. The van der Waals surface area contributed by atoms with E-state index in [1.165, 1.54) is 0 Å². The summed E-state index contributed by atoms with van der Waals surface area (Å²) in [6, 6.07) is 1.73. The van der Waals surface area contributed by atoms with Gasteiger partial charge < -0.3 is 15.6 Å². The molecule has 4 nitrogen and oxygen atoms in total. The van der Waals surface area contributed by atoms with Crippen LogP contribution in [-0.2, 0) is 12.6 Å². The molecule has 1 fully saturated rings. The van der Waals surface area contributed by atoms with Crippen molar-refractivity contribution in [2.75, 3.05) is 33.2 Å². The van der Waals surface area contributed by atoms with Gasteiger partial charge in [-0.15, -0.1) is 0 Å². The molecule has 1 heterocycles. The number of allylic oxidation sites excluding steroid dienone is 2. The molecule has 1 saturated heterocycles. The highest BCUT2D eigenvalue weighted by molar-refractivity contribution is 6.01. The Balaban J connectivity index is 2.01. The van der Waals surface area contributed by atoms with Crippen LogP contribution in [0.1, 0.15) is 49.3 Å². The number of nitrogens with zero attached hydrogens (tertiary/aromatic N) is 3. The first-order valence-electron chi connectivity index (χ1n) is 10.4. The fourth-order valence-electron chi connectivity index (χ4n) is 4.40. The molecule has 30 heavy (non-hydrogen) atoms. The Morgan fingerprint density at radius 1 is 1.07 bits per heavy atom. The van der Waals surface area contributed by atoms with E-state index in [2.05, 4.69) is 21.9 Å². The molecule has 2 unspecified atom stereocenters. The first-order valence-corrected chi connectivity index (χ1v) is 10.4. The van der Waals surface area contributed by atoms with Crippen molar-refractivity contribution in [2.24, 2.45) is 16.9 Å². The SMILES string of the molecule is CC1CCc2cc(C(F)(F)F)cc(F)c2C(C)C/C=C(N2CCN(C)CC2)/C1=N/N. The monoisotopic (exact) mass is 426 g/mol. The molecule has 0 aromatic heterocycles. The maximum atomic E-state index is 14.8. The molecule has 3 rings (SSSR count). The number of hydrogen-bond donors (Lipinski definition) is 1. The summed E-state index contributed by atoms with van der Waals surface area (Å²) in [7, 11) is 2.08. The van der Waals surface area contributed by atoms with Crippen molar-refractivity contribution in [3.8, 4) is 0 Å². The van der Waals surface area contributed by atoms with Gasteiger partial charge >= 0.3 is 6.18 Å². The lowest BCUT2D eigenvalue weighted by molar-refractivity contribution is -0.137. The van der Waals surface area contributed by atoms with Crippen LogP contribution in [0.2, 0.25) is 0 Å². The number of aryl methyl sites for hydroxylation is 1. The quantitative estimate of drug-likeness (QED) is 0.412. The first kappa shape index (κ1) is 22.6. The summed E-state index contributed by atoms with van der Waals surface area (Å²) in [5.41, 5.74) is 1.62. The molecule has 0 amide bonds. The van der Waals surface area contributed by atoms with Gasteiger partial charge in [-0.25, -0.2) is 4.39 Å². The second-order valence-electron chi connectivity index (χ2n) is 8.50. The zero-order valence-corrected chi connectivity index (χ0v) is 17.8. The molecule has 0 saturated carbocycles. The molecule has 0 radical (unpaired) electrons. The summed E-state index contributed by atoms with van der Waals surface area (Å²) in [4.78, 5) is 4.52. The fraction of sp³-hybridized carbons (Fsp3) is 0.591. The Kier molecular flexibility index (Phi) is 6.75. The second-order valence-corrected chi connectivity index (χ2v) is 8.50. The molecule has 2 N–H and O–H groups in total. The van der Waals surface area contributed by atoms with Crippen LogP contribution in [0, 0.1) is 11.7 Å². The average molecular weight is 427 g/mol. The van der Waals surface area contributed by atoms with Crippen LogP contribution in [0.25, 0.3) is 0 Å². The highest BCUT2D eigenvalue weighted by atomic mass is 19.4. The standard InChI is InChI=1S/C22H30F4N4/c1-14-5-7-19(30-10-8-29(3)9-11-30)21(28-27)15(2)4-6-16-12-17(22(24,25)26)13-18(23)20(14)16/h7,12-15H,4-6,8-11,27H2,1-3H3/b19-7-,28-21+. The molecular weight excluding hydrogens is 396 g/mol. The van der Waals surface area contributed by atoms with Crippen LogP contribution in [0.15, 0.2) is 29.0 Å². The lowest BCUT2D eigenvalue weighted by atomic mass is 9.84. The minimum absolute atomic E-state index is 0.0558. The van der Waals surface area contributed by atoms with Crippen LogP contribution in [0.4, 0.5) is 17.6 Å². The molecule has 2 atom stereocenters. The van der Waals surface area contributed by atoms with Gasteiger partial charge in [0.25, 0.3) is 0 Å². The van der Waals surface area contributed by atoms with Crippen molar-refractivity contribution >= 4 is 5.71 Å². The largest absolute Gasteiger partial charge is 0.416 e. The highest BCUT2D eigenvalue weighted by Crippen LogP contribution is 2.37. The molecule has 166 valence electrons. The number of hydrazone groups is 1. The normalized spacial score (nSPS) is 27.5. The van der Waals surface area contributed by atoms with Crippen molar-refractivity contribution in [1.82, 2.24) is 9.80 Å². The topological polar surface area (TPSA) is 44.9 Å². The summed E-state index contributed by atoms with van der Waals surface area (Å²) in [5.74, 6) is 4.68. The predicted molar refractivity (Wildman–Crippen MR) is 111 cm³/mol. The van der Waals surface area contributed by atoms with E-state index >= 15 is 0 Å². The van der Waals surface area contributed by atoms with Crippen LogP contribution in [0.5, 0.6) is 0 Å². The summed E-state index contributed by atoms with van der Waals surface area (Å²) >= 11 is 0. The van der Waals surface area contributed by atoms with E-state index in [0.29, 0.717) is 36.5 Å². The van der Waals surface area contributed by atoms with Gasteiger partial charge in [-0.2, -0.15) is 18.3 Å². The molecule has 1 aromatic carbocycles. The molecular formula is C22H30F4N4. The lowest BCUT2D eigenvalue weighted by Gasteiger charge is -2.37. The second kappa shape index (κ2) is 8.96. The van der Waals surface area contributed by atoms with Crippen molar-refractivity contribution in [3.63, 3.8) is 0 Å². The third-order valence-corrected chi connectivity index (χ3v) is 6.26. The van der Waals surface area contributed by atoms with Gasteiger partial charge in [-0.3, -0.25) is 0 Å². The smallest absolute Gasteiger partial charge is 0.368 e. The molecule has 8 heteroatoms. The average Bonchev–Trinajstić information content (AvgIpc) is 2.68. The van der Waals surface area contributed by atoms with Gasteiger partial charge in [0.05, 0.1) is 17.0 Å². The van der Waals surface area contributed by atoms with Gasteiger partial charge in [0.15, 0.2) is 0 Å². The van der Waals surface area contributed by atoms with E-state index in [-0.39, 0.29) is 11.8 Å². The zero-order valence-electron chi connectivity index (χ0n) is 17.8. The van der Waals surface area contributed by atoms with Crippen LogP contribution in [0.3, 0.4) is 0 Å². The Bertz CT molecular complexity index is 823. The van der Waals surface area contributed by atoms with E-state index < -0.39 is 17.6 Å². The number of halogens is 4. The third-order valence-electron chi connectivity index (χ3n) is 6.26. The fourth-order valence-corrected chi connectivity index (χ4v) is 4.40. The van der Waals surface area contributed by atoms with Crippen LogP contribution in [-0.4, -0.2) is 48.7 Å². The van der Waals surface area contributed by atoms with Gasteiger partial charge in [0.2, 0.25) is 0 Å². The molecule has 0 bridgehead atoms. The maximum absolute atomic E-state index is 14.8. The summed E-state index contributed by atoms with van der Waals surface area (Å²) in [6.45, 7) is 7.39. The number of likely N-dealkylation sites (N-methyl/N-ethyl adjacent to an activating group) is 1. The maximum Gasteiger partial charge on any atom is 0.416 e. The summed E-state index contributed by atoms with van der Waals surface area (Å²) in [5, 5.41) is 4.07. The van der Waals surface area contributed by atoms with E-state index in [0.717, 1.165) is 43.7 Å². The van der Waals surface area contributed by atoms with Gasteiger partial charge in [-0.05, 0) is 55.5 Å². The Morgan fingerprint density at radius 3 is 2.33 bits per heavy atom. The van der Waals surface area contributed by atoms with Crippen molar-refractivity contribution in [2.45, 2.75) is 45.2 Å². The number of alkyl halides is 3. The Morgan fingerprint density at radius 2 is 1.73 bits per heavy atom. The molecule has 0 spiro atoms. The van der Waals surface area contributed by atoms with Crippen LogP contribution >= 0.6 is 0 Å². The third kappa shape index (κ3) is 4.79. The highest BCUT2D eigenvalue weighted by Gasteiger charge is 2.33. The van der Waals surface area contributed by atoms with Gasteiger partial charge in [-0.1, -0.05) is 19.9 Å². The molecule has 1 aromatic rings. The van der Waals surface area contributed by atoms with E-state index in [9.17, 15) is 17.6 Å². The number of piperazine rings is 1. The van der Waals surface area contributed by atoms with Gasteiger partial charge in [0.1, 0.15) is 5.82 Å². The Hall–Kier alpha value is -2.09.